The standard InChI is InChI=1S/C23H32N4O2.HI/c1-3-28-19-12-13-22(29-4-2)20(16-19)26-23(24)25-17-21(27-14-8-9-15-27)18-10-6-5-7-11-18;/h5-7,10-13,16,21H,3-4,8-9,14-15,17H2,1-2H3,(H3,24,25,26);1H. The summed E-state index contributed by atoms with van der Waals surface area (Å²) in [7, 11) is 0. The average molecular weight is 524 g/mol. The van der Waals surface area contributed by atoms with Crippen LogP contribution in [0.5, 0.6) is 11.5 Å². The molecule has 3 N–H and O–H groups in total. The van der Waals surface area contributed by atoms with E-state index in [1.165, 1.54) is 18.4 Å². The summed E-state index contributed by atoms with van der Waals surface area (Å²) in [5.74, 6) is 1.87. The van der Waals surface area contributed by atoms with Crippen LogP contribution in [-0.2, 0) is 0 Å². The lowest BCUT2D eigenvalue weighted by atomic mass is 10.1. The normalized spacial score (nSPS) is 15.3. The van der Waals surface area contributed by atoms with E-state index in [9.17, 15) is 0 Å². The molecule has 0 radical (unpaired) electrons. The van der Waals surface area contributed by atoms with E-state index in [2.05, 4.69) is 39.5 Å². The molecule has 1 heterocycles. The van der Waals surface area contributed by atoms with Crippen LogP contribution in [-0.4, -0.2) is 43.7 Å². The maximum Gasteiger partial charge on any atom is 0.193 e. The Hall–Kier alpha value is -2.00. The van der Waals surface area contributed by atoms with Crippen LogP contribution in [0.15, 0.2) is 53.5 Å². The maximum absolute atomic E-state index is 6.24. The van der Waals surface area contributed by atoms with Crippen LogP contribution in [0.3, 0.4) is 0 Å². The molecule has 0 spiro atoms. The minimum absolute atomic E-state index is 0. The maximum atomic E-state index is 6.24. The Bertz CT molecular complexity index is 795. The Kier molecular flexibility index (Phi) is 10.2. The van der Waals surface area contributed by atoms with Gasteiger partial charge >= 0.3 is 0 Å². The van der Waals surface area contributed by atoms with Gasteiger partial charge in [-0.05, 0) is 57.5 Å². The van der Waals surface area contributed by atoms with Crippen molar-refractivity contribution >= 4 is 35.6 Å². The first-order valence-corrected chi connectivity index (χ1v) is 10.5. The summed E-state index contributed by atoms with van der Waals surface area (Å²) in [4.78, 5) is 7.16. The lowest BCUT2D eigenvalue weighted by molar-refractivity contribution is 0.252. The Morgan fingerprint density at radius 1 is 1.07 bits per heavy atom. The number of hydrogen-bond acceptors (Lipinski definition) is 4. The van der Waals surface area contributed by atoms with Crippen molar-refractivity contribution in [2.75, 3.05) is 38.2 Å². The molecule has 30 heavy (non-hydrogen) atoms. The molecule has 1 unspecified atom stereocenters. The zero-order valence-electron chi connectivity index (χ0n) is 17.8. The van der Waals surface area contributed by atoms with Crippen molar-refractivity contribution in [1.82, 2.24) is 4.90 Å². The fourth-order valence-corrected chi connectivity index (χ4v) is 3.67. The van der Waals surface area contributed by atoms with Gasteiger partial charge in [0.1, 0.15) is 11.5 Å². The second-order valence-corrected chi connectivity index (χ2v) is 7.04. The molecule has 3 rings (SSSR count). The highest BCUT2D eigenvalue weighted by atomic mass is 127. The van der Waals surface area contributed by atoms with Gasteiger partial charge in [-0.15, -0.1) is 24.0 Å². The molecule has 0 aromatic heterocycles. The van der Waals surface area contributed by atoms with Gasteiger partial charge in [-0.2, -0.15) is 0 Å². The highest BCUT2D eigenvalue weighted by Gasteiger charge is 2.23. The molecule has 0 saturated carbocycles. The molecule has 164 valence electrons. The van der Waals surface area contributed by atoms with Crippen LogP contribution in [0.25, 0.3) is 0 Å². The largest absolute Gasteiger partial charge is 0.494 e. The van der Waals surface area contributed by atoms with Crippen LogP contribution >= 0.6 is 24.0 Å². The van der Waals surface area contributed by atoms with Crippen molar-refractivity contribution in [3.05, 3.63) is 54.1 Å². The number of halogens is 1. The molecule has 6 nitrogen and oxygen atoms in total. The van der Waals surface area contributed by atoms with Crippen molar-refractivity contribution < 1.29 is 9.47 Å². The van der Waals surface area contributed by atoms with E-state index in [1.807, 2.05) is 38.1 Å². The molecule has 1 aliphatic heterocycles. The molecular formula is C23H33IN4O2. The molecule has 1 fully saturated rings. The number of aliphatic imine (C=N–C) groups is 1. The Morgan fingerprint density at radius 3 is 2.43 bits per heavy atom. The SMILES string of the molecule is CCOc1ccc(OCC)c(NC(N)=NCC(c2ccccc2)N2CCCC2)c1.I. The van der Waals surface area contributed by atoms with E-state index >= 15 is 0 Å². The third kappa shape index (κ3) is 6.77. The Balaban J connectivity index is 0.00000320. The minimum atomic E-state index is 0. The van der Waals surface area contributed by atoms with E-state index < -0.39 is 0 Å². The lowest BCUT2D eigenvalue weighted by Gasteiger charge is -2.26. The second-order valence-electron chi connectivity index (χ2n) is 7.04. The molecule has 0 aliphatic carbocycles. The number of nitrogens with two attached hydrogens (primary N) is 1. The van der Waals surface area contributed by atoms with Crippen LogP contribution in [0, 0.1) is 0 Å². The molecule has 1 aliphatic rings. The van der Waals surface area contributed by atoms with Gasteiger partial charge in [-0.25, -0.2) is 0 Å². The van der Waals surface area contributed by atoms with Crippen molar-refractivity contribution in [1.29, 1.82) is 0 Å². The van der Waals surface area contributed by atoms with E-state index in [4.69, 9.17) is 15.2 Å². The zero-order valence-corrected chi connectivity index (χ0v) is 20.2. The molecule has 7 heteroatoms. The van der Waals surface area contributed by atoms with Gasteiger partial charge in [-0.1, -0.05) is 30.3 Å². The topological polar surface area (TPSA) is 72.1 Å². The van der Waals surface area contributed by atoms with Crippen molar-refractivity contribution in [2.45, 2.75) is 32.7 Å². The van der Waals surface area contributed by atoms with Crippen LogP contribution in [0.2, 0.25) is 0 Å². The van der Waals surface area contributed by atoms with E-state index in [1.54, 1.807) is 0 Å². The zero-order chi connectivity index (χ0) is 20.5. The van der Waals surface area contributed by atoms with Gasteiger partial charge in [0.25, 0.3) is 0 Å². The molecular weight excluding hydrogens is 491 g/mol. The van der Waals surface area contributed by atoms with Gasteiger partial charge in [0.2, 0.25) is 0 Å². The summed E-state index contributed by atoms with van der Waals surface area (Å²) in [6, 6.07) is 16.5. The van der Waals surface area contributed by atoms with Crippen molar-refractivity contribution in [3.8, 4) is 11.5 Å². The van der Waals surface area contributed by atoms with Gasteiger partial charge in [-0.3, -0.25) is 9.89 Å². The second kappa shape index (κ2) is 12.6. The number of nitrogens with zero attached hydrogens (tertiary/aromatic N) is 2. The summed E-state index contributed by atoms with van der Waals surface area (Å²) in [6.07, 6.45) is 2.48. The van der Waals surface area contributed by atoms with Gasteiger partial charge in [0.15, 0.2) is 5.96 Å². The summed E-state index contributed by atoms with van der Waals surface area (Å²) in [6.45, 7) is 7.91. The highest BCUT2D eigenvalue weighted by molar-refractivity contribution is 14.0. The number of ether oxygens (including phenoxy) is 2. The number of benzene rings is 2. The Labute approximate surface area is 196 Å². The van der Waals surface area contributed by atoms with Crippen LogP contribution in [0.1, 0.15) is 38.3 Å². The lowest BCUT2D eigenvalue weighted by Crippen LogP contribution is -2.30. The number of rotatable bonds is 9. The molecule has 0 bridgehead atoms. The smallest absolute Gasteiger partial charge is 0.193 e. The highest BCUT2D eigenvalue weighted by Crippen LogP contribution is 2.30. The quantitative estimate of drug-likeness (QED) is 0.284. The van der Waals surface area contributed by atoms with E-state index in [0.717, 1.165) is 30.3 Å². The first-order chi connectivity index (χ1) is 14.2. The molecule has 1 saturated heterocycles. The number of likely N-dealkylation sites (tertiary alicyclic amines) is 1. The summed E-state index contributed by atoms with van der Waals surface area (Å²) in [5.41, 5.74) is 8.28. The molecule has 1 atom stereocenters. The Morgan fingerprint density at radius 2 is 1.77 bits per heavy atom. The van der Waals surface area contributed by atoms with Crippen molar-refractivity contribution in [2.24, 2.45) is 10.7 Å². The van der Waals surface area contributed by atoms with Gasteiger partial charge < -0.3 is 20.5 Å². The predicted octanol–water partition coefficient (Wildman–Crippen LogP) is 4.67. The monoisotopic (exact) mass is 524 g/mol. The van der Waals surface area contributed by atoms with Crippen LogP contribution in [0.4, 0.5) is 5.69 Å². The first-order valence-electron chi connectivity index (χ1n) is 10.5. The fourth-order valence-electron chi connectivity index (χ4n) is 3.67. The van der Waals surface area contributed by atoms with E-state index in [0.29, 0.717) is 25.7 Å². The third-order valence-corrected chi connectivity index (χ3v) is 5.02. The molecule has 0 amide bonds. The van der Waals surface area contributed by atoms with E-state index in [-0.39, 0.29) is 30.0 Å². The van der Waals surface area contributed by atoms with Gasteiger partial charge in [0.05, 0.1) is 31.5 Å². The number of anilines is 1. The summed E-state index contributed by atoms with van der Waals surface area (Å²) in [5, 5.41) is 3.20. The summed E-state index contributed by atoms with van der Waals surface area (Å²) >= 11 is 0. The predicted molar refractivity (Wildman–Crippen MR) is 134 cm³/mol. The number of nitrogens with one attached hydrogen (secondary N) is 1. The first kappa shape index (κ1) is 24.3. The third-order valence-electron chi connectivity index (χ3n) is 5.02. The van der Waals surface area contributed by atoms with Gasteiger partial charge in [0, 0.05) is 6.07 Å². The number of guanidine groups is 1. The fraction of sp³-hybridized carbons (Fsp3) is 0.435. The van der Waals surface area contributed by atoms with Crippen molar-refractivity contribution in [3.63, 3.8) is 0 Å². The number of hydrogen-bond donors (Lipinski definition) is 2. The summed E-state index contributed by atoms with van der Waals surface area (Å²) < 4.78 is 11.3. The minimum Gasteiger partial charge on any atom is -0.494 e. The average Bonchev–Trinajstić information content (AvgIpc) is 3.26. The molecule has 2 aromatic rings. The van der Waals surface area contributed by atoms with Crippen LogP contribution < -0.4 is 20.5 Å². The molecule has 2 aromatic carbocycles.